The molecule has 2 heterocycles. The zero-order valence-electron chi connectivity index (χ0n) is 12.4. The van der Waals surface area contributed by atoms with E-state index in [1.165, 1.54) is 0 Å². The first-order valence-corrected chi connectivity index (χ1v) is 6.94. The molecule has 0 radical (unpaired) electrons. The van der Waals surface area contributed by atoms with Gasteiger partial charge in [-0.2, -0.15) is 5.10 Å². The zero-order chi connectivity index (χ0) is 15.5. The van der Waals surface area contributed by atoms with Crippen molar-refractivity contribution in [3.8, 4) is 0 Å². The predicted molar refractivity (Wildman–Crippen MR) is 81.7 cm³/mol. The van der Waals surface area contributed by atoms with E-state index < -0.39 is 0 Å². The van der Waals surface area contributed by atoms with Gasteiger partial charge in [0, 0.05) is 18.1 Å². The Morgan fingerprint density at radius 1 is 1.27 bits per heavy atom. The maximum atomic E-state index is 12.4. The fraction of sp³-hybridized carbons (Fsp3) is 0.188. The molecule has 6 heteroatoms. The number of anilines is 1. The average Bonchev–Trinajstić information content (AvgIpc) is 3.11. The summed E-state index contributed by atoms with van der Waals surface area (Å²) in [7, 11) is 0. The van der Waals surface area contributed by atoms with Crippen LogP contribution in [0.15, 0.2) is 47.2 Å². The first-order chi connectivity index (χ1) is 10.6. The van der Waals surface area contributed by atoms with Crippen molar-refractivity contribution in [1.29, 1.82) is 0 Å². The van der Waals surface area contributed by atoms with E-state index >= 15 is 0 Å². The monoisotopic (exact) mass is 296 g/mol. The van der Waals surface area contributed by atoms with Gasteiger partial charge >= 0.3 is 0 Å². The lowest BCUT2D eigenvalue weighted by atomic mass is 10.1. The Kier molecular flexibility index (Phi) is 3.74. The fourth-order valence-corrected chi connectivity index (χ4v) is 2.34. The van der Waals surface area contributed by atoms with E-state index in [-0.39, 0.29) is 5.91 Å². The summed E-state index contributed by atoms with van der Waals surface area (Å²) in [6.45, 7) is 4.07. The number of aryl methyl sites for hydroxylation is 2. The number of hydrogen-bond acceptors (Lipinski definition) is 4. The molecule has 0 atom stereocenters. The van der Waals surface area contributed by atoms with Crippen LogP contribution in [0.4, 0.5) is 5.69 Å². The van der Waals surface area contributed by atoms with Crippen molar-refractivity contribution < 1.29 is 9.32 Å². The highest BCUT2D eigenvalue weighted by molar-refractivity contribution is 6.06. The van der Waals surface area contributed by atoms with Crippen LogP contribution < -0.4 is 5.32 Å². The van der Waals surface area contributed by atoms with E-state index in [1.807, 2.05) is 36.5 Å². The molecule has 0 spiro atoms. The van der Waals surface area contributed by atoms with Gasteiger partial charge in [-0.25, -0.2) is 0 Å². The van der Waals surface area contributed by atoms with Crippen molar-refractivity contribution >= 4 is 11.6 Å². The van der Waals surface area contributed by atoms with Gasteiger partial charge < -0.3 is 9.84 Å². The molecule has 0 fully saturated rings. The van der Waals surface area contributed by atoms with E-state index in [9.17, 15) is 4.79 Å². The minimum absolute atomic E-state index is 0.218. The molecule has 0 aliphatic carbocycles. The van der Waals surface area contributed by atoms with Crippen LogP contribution in [0.25, 0.3) is 0 Å². The van der Waals surface area contributed by atoms with E-state index in [4.69, 9.17) is 4.52 Å². The number of nitrogens with one attached hydrogen (secondary N) is 1. The smallest absolute Gasteiger partial charge is 0.261 e. The molecule has 0 bridgehead atoms. The number of carbonyl (C=O) groups excluding carboxylic acids is 1. The van der Waals surface area contributed by atoms with Gasteiger partial charge in [0.25, 0.3) is 5.91 Å². The molecule has 0 unspecified atom stereocenters. The normalized spacial score (nSPS) is 10.6. The van der Waals surface area contributed by atoms with Gasteiger partial charge in [0.1, 0.15) is 11.3 Å². The van der Waals surface area contributed by atoms with Crippen LogP contribution in [0.1, 0.15) is 27.4 Å². The van der Waals surface area contributed by atoms with Crippen molar-refractivity contribution in [3.63, 3.8) is 0 Å². The van der Waals surface area contributed by atoms with Crippen LogP contribution in [-0.2, 0) is 6.54 Å². The summed E-state index contributed by atoms with van der Waals surface area (Å²) >= 11 is 0. The topological polar surface area (TPSA) is 73.0 Å². The fourth-order valence-electron chi connectivity index (χ4n) is 2.34. The van der Waals surface area contributed by atoms with Gasteiger partial charge in [0.2, 0.25) is 0 Å². The van der Waals surface area contributed by atoms with Crippen molar-refractivity contribution in [1.82, 2.24) is 14.9 Å². The number of carbonyl (C=O) groups is 1. The lowest BCUT2D eigenvalue weighted by Gasteiger charge is -2.11. The average molecular weight is 296 g/mol. The van der Waals surface area contributed by atoms with E-state index in [1.54, 1.807) is 24.7 Å². The van der Waals surface area contributed by atoms with Crippen molar-refractivity contribution in [2.24, 2.45) is 0 Å². The molecule has 2 aromatic heterocycles. The largest absolute Gasteiger partial charge is 0.361 e. The van der Waals surface area contributed by atoms with Crippen molar-refractivity contribution in [3.05, 3.63) is 65.3 Å². The Hall–Kier alpha value is -2.89. The van der Waals surface area contributed by atoms with Gasteiger partial charge in [-0.3, -0.25) is 9.48 Å². The molecule has 3 aromatic rings. The van der Waals surface area contributed by atoms with Crippen molar-refractivity contribution in [2.75, 3.05) is 5.32 Å². The van der Waals surface area contributed by atoms with Crippen LogP contribution >= 0.6 is 0 Å². The standard InChI is InChI=1S/C16H16N4O2/c1-11-15(12(2)22-19-11)16(21)18-14-7-4-3-6-13(14)10-20-9-5-8-17-20/h3-9H,10H2,1-2H3,(H,18,21). The maximum Gasteiger partial charge on any atom is 0.261 e. The number of para-hydroxylation sites is 1. The summed E-state index contributed by atoms with van der Waals surface area (Å²) in [5, 5.41) is 10.9. The third-order valence-electron chi connectivity index (χ3n) is 3.42. The summed E-state index contributed by atoms with van der Waals surface area (Å²) in [5.41, 5.74) is 2.79. The van der Waals surface area contributed by atoms with E-state index in [0.717, 1.165) is 11.3 Å². The number of rotatable bonds is 4. The highest BCUT2D eigenvalue weighted by atomic mass is 16.5. The quantitative estimate of drug-likeness (QED) is 0.803. The molecule has 1 N–H and O–H groups in total. The summed E-state index contributed by atoms with van der Waals surface area (Å²) in [4.78, 5) is 12.4. The summed E-state index contributed by atoms with van der Waals surface area (Å²) in [6.07, 6.45) is 3.61. The molecule has 1 aromatic carbocycles. The summed E-state index contributed by atoms with van der Waals surface area (Å²) in [5.74, 6) is 0.295. The lowest BCUT2D eigenvalue weighted by molar-refractivity contribution is 0.102. The van der Waals surface area contributed by atoms with Gasteiger partial charge in [-0.1, -0.05) is 23.4 Å². The minimum Gasteiger partial charge on any atom is -0.361 e. The molecule has 0 saturated heterocycles. The summed E-state index contributed by atoms with van der Waals surface area (Å²) in [6, 6.07) is 9.52. The summed E-state index contributed by atoms with van der Waals surface area (Å²) < 4.78 is 6.85. The Labute approximate surface area is 127 Å². The Bertz CT molecular complexity index is 771. The molecule has 1 amide bonds. The minimum atomic E-state index is -0.218. The molecule has 3 rings (SSSR count). The second-order valence-electron chi connectivity index (χ2n) is 5.01. The van der Waals surface area contributed by atoms with Crippen LogP contribution in [0, 0.1) is 13.8 Å². The van der Waals surface area contributed by atoms with Gasteiger partial charge in [-0.05, 0) is 31.5 Å². The Balaban J connectivity index is 1.85. The van der Waals surface area contributed by atoms with Crippen LogP contribution in [0.2, 0.25) is 0 Å². The second kappa shape index (κ2) is 5.85. The molecule has 6 nitrogen and oxygen atoms in total. The highest BCUT2D eigenvalue weighted by Gasteiger charge is 2.18. The number of hydrogen-bond donors (Lipinski definition) is 1. The van der Waals surface area contributed by atoms with Crippen LogP contribution in [-0.4, -0.2) is 20.8 Å². The second-order valence-corrected chi connectivity index (χ2v) is 5.01. The third kappa shape index (κ3) is 2.76. The Morgan fingerprint density at radius 3 is 2.77 bits per heavy atom. The molecular weight excluding hydrogens is 280 g/mol. The predicted octanol–water partition coefficient (Wildman–Crippen LogP) is 2.79. The van der Waals surface area contributed by atoms with E-state index in [0.29, 0.717) is 23.6 Å². The molecule has 0 aliphatic heterocycles. The highest BCUT2D eigenvalue weighted by Crippen LogP contribution is 2.19. The molecule has 112 valence electrons. The molecule has 0 aliphatic rings. The first-order valence-electron chi connectivity index (χ1n) is 6.94. The number of nitrogens with zero attached hydrogens (tertiary/aromatic N) is 3. The molecular formula is C16H16N4O2. The maximum absolute atomic E-state index is 12.4. The van der Waals surface area contributed by atoms with Gasteiger partial charge in [-0.15, -0.1) is 0 Å². The van der Waals surface area contributed by atoms with Gasteiger partial charge in [0.05, 0.1) is 12.2 Å². The number of aromatic nitrogens is 3. The van der Waals surface area contributed by atoms with Crippen molar-refractivity contribution in [2.45, 2.75) is 20.4 Å². The zero-order valence-corrected chi connectivity index (χ0v) is 12.4. The number of benzene rings is 1. The lowest BCUT2D eigenvalue weighted by Crippen LogP contribution is -2.15. The SMILES string of the molecule is Cc1noc(C)c1C(=O)Nc1ccccc1Cn1cccn1. The number of amides is 1. The first kappa shape index (κ1) is 14.1. The van der Waals surface area contributed by atoms with E-state index in [2.05, 4.69) is 15.6 Å². The molecule has 22 heavy (non-hydrogen) atoms. The molecule has 0 saturated carbocycles. The third-order valence-corrected chi connectivity index (χ3v) is 3.42. The van der Waals surface area contributed by atoms with Gasteiger partial charge in [0.15, 0.2) is 0 Å². The Morgan fingerprint density at radius 2 is 2.09 bits per heavy atom. The van der Waals surface area contributed by atoms with Crippen LogP contribution in [0.3, 0.4) is 0 Å². The van der Waals surface area contributed by atoms with Crippen LogP contribution in [0.5, 0.6) is 0 Å².